The molecule has 0 bridgehead atoms. The lowest BCUT2D eigenvalue weighted by Crippen LogP contribution is -2.60. The fourth-order valence-electron chi connectivity index (χ4n) is 2.82. The van der Waals surface area contributed by atoms with E-state index in [1.54, 1.807) is 12.2 Å². The first-order chi connectivity index (χ1) is 9.49. The van der Waals surface area contributed by atoms with Gasteiger partial charge in [-0.05, 0) is 18.4 Å². The van der Waals surface area contributed by atoms with Gasteiger partial charge in [0.05, 0.1) is 12.1 Å². The lowest BCUT2D eigenvalue weighted by Gasteiger charge is -2.46. The molecule has 5 heteroatoms. The van der Waals surface area contributed by atoms with E-state index in [2.05, 4.69) is 23.4 Å². The van der Waals surface area contributed by atoms with E-state index < -0.39 is 11.7 Å². The van der Waals surface area contributed by atoms with Crippen molar-refractivity contribution in [1.29, 1.82) is 0 Å². The molecule has 0 unspecified atom stereocenters. The zero-order valence-corrected chi connectivity index (χ0v) is 11.7. The second-order valence-electron chi connectivity index (χ2n) is 5.48. The molecule has 0 radical (unpaired) electrons. The van der Waals surface area contributed by atoms with Gasteiger partial charge in [-0.25, -0.2) is 0 Å². The smallest absolute Gasteiger partial charge is 0.311 e. The fourth-order valence-corrected chi connectivity index (χ4v) is 2.82. The Morgan fingerprint density at radius 2 is 1.95 bits per heavy atom. The van der Waals surface area contributed by atoms with Crippen LogP contribution in [0.1, 0.15) is 12.8 Å². The van der Waals surface area contributed by atoms with Crippen LogP contribution in [0.25, 0.3) is 0 Å². The van der Waals surface area contributed by atoms with E-state index in [9.17, 15) is 8.78 Å². The van der Waals surface area contributed by atoms with Crippen LogP contribution >= 0.6 is 0 Å². The van der Waals surface area contributed by atoms with Crippen LogP contribution in [0, 0.1) is 0 Å². The highest BCUT2D eigenvalue weighted by Crippen LogP contribution is 2.35. The summed E-state index contributed by atoms with van der Waals surface area (Å²) in [5, 5.41) is 2.79. The number of ether oxygens (including phenoxy) is 1. The van der Waals surface area contributed by atoms with Gasteiger partial charge in [-0.2, -0.15) is 8.78 Å². The second-order valence-corrected chi connectivity index (χ2v) is 5.48. The molecule has 20 heavy (non-hydrogen) atoms. The number of hydrogen-bond acceptors (Lipinski definition) is 3. The molecule has 0 aromatic carbocycles. The third-order valence-electron chi connectivity index (χ3n) is 3.91. The number of morpholine rings is 1. The van der Waals surface area contributed by atoms with Gasteiger partial charge in [0.15, 0.2) is 0 Å². The Morgan fingerprint density at radius 3 is 2.50 bits per heavy atom. The summed E-state index contributed by atoms with van der Waals surface area (Å²) < 4.78 is 31.8. The van der Waals surface area contributed by atoms with E-state index in [0.717, 1.165) is 25.2 Å². The number of nitrogens with zero attached hydrogens (tertiary/aromatic N) is 1. The van der Waals surface area contributed by atoms with E-state index in [-0.39, 0.29) is 6.54 Å². The minimum atomic E-state index is -3.05. The summed E-state index contributed by atoms with van der Waals surface area (Å²) in [6.45, 7) is 9.84. The molecule has 112 valence electrons. The van der Waals surface area contributed by atoms with Gasteiger partial charge < -0.3 is 10.1 Å². The van der Waals surface area contributed by atoms with Crippen LogP contribution in [-0.4, -0.2) is 49.3 Å². The number of alkyl halides is 2. The van der Waals surface area contributed by atoms with Crippen molar-refractivity contribution < 1.29 is 13.5 Å². The molecule has 0 saturated carbocycles. The standard InChI is InChI=1S/C15H22F2N2O/c1-3-5-13(4-2)10-19-8-6-14(7-9-19)11-18-12-15(16,17)20-14/h3-5,18H,1-2,6-12H2/b13-5+. The molecule has 1 spiro atoms. The quantitative estimate of drug-likeness (QED) is 0.802. The number of likely N-dealkylation sites (tertiary alicyclic amines) is 1. The van der Waals surface area contributed by atoms with Crippen LogP contribution in [-0.2, 0) is 4.74 Å². The molecule has 3 nitrogen and oxygen atoms in total. The molecule has 0 atom stereocenters. The number of allylic oxidation sites excluding steroid dienone is 2. The van der Waals surface area contributed by atoms with Crippen LogP contribution in [0.2, 0.25) is 0 Å². The number of nitrogens with one attached hydrogen (secondary N) is 1. The van der Waals surface area contributed by atoms with Crippen molar-refractivity contribution in [3.63, 3.8) is 0 Å². The average Bonchev–Trinajstić information content (AvgIpc) is 2.40. The van der Waals surface area contributed by atoms with Crippen LogP contribution in [0.4, 0.5) is 8.78 Å². The highest BCUT2D eigenvalue weighted by atomic mass is 19.3. The first-order valence-electron chi connectivity index (χ1n) is 6.94. The maximum atomic E-state index is 13.4. The predicted molar refractivity (Wildman–Crippen MR) is 75.8 cm³/mol. The molecule has 0 aliphatic carbocycles. The Hall–Kier alpha value is -1.04. The Labute approximate surface area is 119 Å². The summed E-state index contributed by atoms with van der Waals surface area (Å²) >= 11 is 0. The lowest BCUT2D eigenvalue weighted by atomic mass is 9.89. The summed E-state index contributed by atoms with van der Waals surface area (Å²) in [6.07, 6.45) is 3.65. The number of hydrogen-bond donors (Lipinski definition) is 1. The minimum absolute atomic E-state index is 0.388. The third kappa shape index (κ3) is 3.75. The minimum Gasteiger partial charge on any atom is -0.311 e. The first-order valence-corrected chi connectivity index (χ1v) is 6.94. The predicted octanol–water partition coefficient (Wildman–Crippen LogP) is 2.33. The highest BCUT2D eigenvalue weighted by molar-refractivity contribution is 5.22. The monoisotopic (exact) mass is 284 g/mol. The van der Waals surface area contributed by atoms with Gasteiger partial charge in [0.1, 0.15) is 0 Å². The third-order valence-corrected chi connectivity index (χ3v) is 3.91. The lowest BCUT2D eigenvalue weighted by molar-refractivity contribution is -0.315. The zero-order chi connectivity index (χ0) is 14.6. The molecule has 0 aromatic rings. The molecule has 2 aliphatic heterocycles. The Kier molecular flexibility index (Phi) is 4.73. The number of halogens is 2. The fraction of sp³-hybridized carbons (Fsp3) is 0.600. The Morgan fingerprint density at radius 1 is 1.25 bits per heavy atom. The van der Waals surface area contributed by atoms with Gasteiger partial charge in [-0.1, -0.05) is 31.4 Å². The largest absolute Gasteiger partial charge is 0.368 e. The van der Waals surface area contributed by atoms with E-state index in [4.69, 9.17) is 4.74 Å². The van der Waals surface area contributed by atoms with Crippen LogP contribution in [0.5, 0.6) is 0 Å². The summed E-state index contributed by atoms with van der Waals surface area (Å²) in [7, 11) is 0. The molecule has 2 fully saturated rings. The summed E-state index contributed by atoms with van der Waals surface area (Å²) in [5.41, 5.74) is 0.373. The number of rotatable bonds is 4. The van der Waals surface area contributed by atoms with Crippen molar-refractivity contribution in [2.24, 2.45) is 0 Å². The van der Waals surface area contributed by atoms with Gasteiger partial charge in [-0.15, -0.1) is 0 Å². The van der Waals surface area contributed by atoms with Crippen molar-refractivity contribution in [2.75, 3.05) is 32.7 Å². The topological polar surface area (TPSA) is 24.5 Å². The van der Waals surface area contributed by atoms with Gasteiger partial charge in [0.2, 0.25) is 0 Å². The molecule has 0 aromatic heterocycles. The molecular weight excluding hydrogens is 262 g/mol. The molecular formula is C15H22F2N2O. The Balaban J connectivity index is 1.90. The van der Waals surface area contributed by atoms with Gasteiger partial charge in [-0.3, -0.25) is 4.90 Å². The van der Waals surface area contributed by atoms with Gasteiger partial charge in [0, 0.05) is 26.2 Å². The first kappa shape index (κ1) is 15.4. The van der Waals surface area contributed by atoms with Gasteiger partial charge in [0.25, 0.3) is 0 Å². The van der Waals surface area contributed by atoms with E-state index >= 15 is 0 Å². The molecule has 2 rings (SSSR count). The van der Waals surface area contributed by atoms with E-state index in [1.807, 2.05) is 6.08 Å². The molecule has 1 N–H and O–H groups in total. The molecule has 2 saturated heterocycles. The molecule has 0 amide bonds. The Bertz CT molecular complexity index is 399. The van der Waals surface area contributed by atoms with Crippen molar-refractivity contribution in [3.8, 4) is 0 Å². The maximum absolute atomic E-state index is 13.4. The maximum Gasteiger partial charge on any atom is 0.368 e. The van der Waals surface area contributed by atoms with Crippen LogP contribution in [0.3, 0.4) is 0 Å². The normalized spacial score (nSPS) is 26.4. The van der Waals surface area contributed by atoms with Crippen LogP contribution < -0.4 is 5.32 Å². The summed E-state index contributed by atoms with van der Waals surface area (Å²) in [4.78, 5) is 2.23. The SMILES string of the molecule is C=C/C=C(\C=C)CN1CCC2(CC1)CNCC(F)(F)O2. The van der Waals surface area contributed by atoms with Crippen molar-refractivity contribution in [1.82, 2.24) is 10.2 Å². The van der Waals surface area contributed by atoms with Crippen molar-refractivity contribution >= 4 is 0 Å². The van der Waals surface area contributed by atoms with Crippen LogP contribution in [0.15, 0.2) is 37.0 Å². The number of piperidine rings is 1. The van der Waals surface area contributed by atoms with E-state index in [0.29, 0.717) is 19.4 Å². The summed E-state index contributed by atoms with van der Waals surface area (Å²) in [5.74, 6) is 0. The molecule has 2 aliphatic rings. The van der Waals surface area contributed by atoms with Crippen molar-refractivity contribution in [2.45, 2.75) is 24.6 Å². The van der Waals surface area contributed by atoms with E-state index in [1.165, 1.54) is 0 Å². The second kappa shape index (κ2) is 6.16. The van der Waals surface area contributed by atoms with Gasteiger partial charge >= 0.3 is 6.11 Å². The molecule has 2 heterocycles. The highest BCUT2D eigenvalue weighted by Gasteiger charge is 2.47. The average molecular weight is 284 g/mol. The van der Waals surface area contributed by atoms with Crippen molar-refractivity contribution in [3.05, 3.63) is 37.0 Å². The zero-order valence-electron chi connectivity index (χ0n) is 11.7. The summed E-state index contributed by atoms with van der Waals surface area (Å²) in [6, 6.07) is 0.